The van der Waals surface area contributed by atoms with Crippen LogP contribution in [0.3, 0.4) is 0 Å². The summed E-state index contributed by atoms with van der Waals surface area (Å²) in [6.07, 6.45) is 0.279. The van der Waals surface area contributed by atoms with Gasteiger partial charge in [0.15, 0.2) is 0 Å². The third kappa shape index (κ3) is 4.32. The number of hydrogen-bond donors (Lipinski definition) is 1. The zero-order valence-electron chi connectivity index (χ0n) is 12.2. The Balaban J connectivity index is 2.05. The maximum atomic E-state index is 11.2. The molecule has 1 aromatic rings. The molecule has 1 fully saturated rings. The van der Waals surface area contributed by atoms with Crippen LogP contribution < -0.4 is 15.0 Å². The molecule has 2 heterocycles. The molecule has 9 heteroatoms. The van der Waals surface area contributed by atoms with Crippen LogP contribution in [0.1, 0.15) is 20.3 Å². The van der Waals surface area contributed by atoms with Crippen LogP contribution in [-0.2, 0) is 4.74 Å². The average molecular weight is 316 g/mol. The summed E-state index contributed by atoms with van der Waals surface area (Å²) in [6, 6.07) is 0.187. The number of carbonyl (C=O) groups excluding carboxylic acids is 1. The minimum Gasteiger partial charge on any atom is -0.461 e. The van der Waals surface area contributed by atoms with Gasteiger partial charge in [0.2, 0.25) is 11.2 Å². The molecule has 1 aromatic heterocycles. The molecule has 1 N–H and O–H groups in total. The molecule has 0 aliphatic carbocycles. The van der Waals surface area contributed by atoms with Gasteiger partial charge < -0.3 is 19.7 Å². The van der Waals surface area contributed by atoms with E-state index < -0.39 is 6.09 Å². The lowest BCUT2D eigenvalue weighted by molar-refractivity contribution is 0.167. The molecular formula is C12H18ClN5O3. The standard InChI is InChI=1S/C12H18ClN5O3/c1-7(2)21-11-16-9(13)15-10(17-11)18-5-4-8(6-18)14-12(19)20-3/h7-8H,4-6H2,1-3H3,(H,14,19). The number of anilines is 1. The summed E-state index contributed by atoms with van der Waals surface area (Å²) in [5.41, 5.74) is 0. The number of amides is 1. The van der Waals surface area contributed by atoms with Gasteiger partial charge in [-0.25, -0.2) is 4.79 Å². The number of aromatic nitrogens is 3. The van der Waals surface area contributed by atoms with Crippen LogP contribution in [0, 0.1) is 0 Å². The van der Waals surface area contributed by atoms with E-state index in [1.807, 2.05) is 18.7 Å². The summed E-state index contributed by atoms with van der Waals surface area (Å²) in [4.78, 5) is 25.4. The number of nitrogens with zero attached hydrogens (tertiary/aromatic N) is 4. The first-order chi connectivity index (χ1) is 9.97. The van der Waals surface area contributed by atoms with E-state index in [9.17, 15) is 4.79 Å². The number of methoxy groups -OCH3 is 1. The minimum atomic E-state index is -0.445. The zero-order chi connectivity index (χ0) is 15.4. The summed E-state index contributed by atoms with van der Waals surface area (Å²) in [5, 5.41) is 2.83. The third-order valence-electron chi connectivity index (χ3n) is 2.90. The van der Waals surface area contributed by atoms with Gasteiger partial charge in [-0.05, 0) is 31.9 Å². The first-order valence-corrected chi connectivity index (χ1v) is 7.03. The van der Waals surface area contributed by atoms with Crippen molar-refractivity contribution in [1.82, 2.24) is 20.3 Å². The molecule has 0 radical (unpaired) electrons. The SMILES string of the molecule is COC(=O)NC1CCN(c2nc(Cl)nc(OC(C)C)n2)C1. The predicted molar refractivity (Wildman–Crippen MR) is 76.8 cm³/mol. The molecule has 2 rings (SSSR count). The molecule has 1 aliphatic rings. The van der Waals surface area contributed by atoms with Gasteiger partial charge in [0.25, 0.3) is 0 Å². The second kappa shape index (κ2) is 6.75. The number of halogens is 1. The average Bonchev–Trinajstić information content (AvgIpc) is 2.85. The second-order valence-corrected chi connectivity index (χ2v) is 5.26. The lowest BCUT2D eigenvalue weighted by atomic mass is 10.3. The van der Waals surface area contributed by atoms with Gasteiger partial charge in [-0.2, -0.15) is 15.0 Å². The fourth-order valence-electron chi connectivity index (χ4n) is 2.01. The highest BCUT2D eigenvalue weighted by Gasteiger charge is 2.26. The molecule has 1 atom stereocenters. The van der Waals surface area contributed by atoms with Crippen molar-refractivity contribution < 1.29 is 14.3 Å². The van der Waals surface area contributed by atoms with E-state index in [0.29, 0.717) is 19.0 Å². The molecule has 1 saturated heterocycles. The van der Waals surface area contributed by atoms with Gasteiger partial charge in [0.05, 0.1) is 19.3 Å². The van der Waals surface area contributed by atoms with Crippen molar-refractivity contribution in [2.75, 3.05) is 25.1 Å². The van der Waals surface area contributed by atoms with Crippen LogP contribution in [0.2, 0.25) is 5.28 Å². The van der Waals surface area contributed by atoms with Crippen molar-refractivity contribution in [3.8, 4) is 6.01 Å². The molecule has 1 unspecified atom stereocenters. The van der Waals surface area contributed by atoms with E-state index in [0.717, 1.165) is 6.42 Å². The fourth-order valence-corrected chi connectivity index (χ4v) is 2.16. The lowest BCUT2D eigenvalue weighted by Gasteiger charge is -2.17. The Morgan fingerprint density at radius 2 is 2.19 bits per heavy atom. The quantitative estimate of drug-likeness (QED) is 0.894. The van der Waals surface area contributed by atoms with E-state index in [4.69, 9.17) is 16.3 Å². The van der Waals surface area contributed by atoms with Gasteiger partial charge in [0, 0.05) is 13.1 Å². The van der Waals surface area contributed by atoms with Crippen LogP contribution in [0.4, 0.5) is 10.7 Å². The van der Waals surface area contributed by atoms with Crippen molar-refractivity contribution >= 4 is 23.6 Å². The Labute approximate surface area is 127 Å². The largest absolute Gasteiger partial charge is 0.461 e. The first kappa shape index (κ1) is 15.6. The highest BCUT2D eigenvalue weighted by atomic mass is 35.5. The van der Waals surface area contributed by atoms with Crippen LogP contribution in [0.25, 0.3) is 0 Å². The molecule has 0 saturated carbocycles. The van der Waals surface area contributed by atoms with Crippen molar-refractivity contribution in [2.45, 2.75) is 32.4 Å². The van der Waals surface area contributed by atoms with Crippen LogP contribution in [-0.4, -0.2) is 53.4 Å². The summed E-state index contributed by atoms with van der Waals surface area (Å²) >= 11 is 5.90. The number of rotatable bonds is 4. The van der Waals surface area contributed by atoms with E-state index in [1.165, 1.54) is 7.11 Å². The molecule has 0 spiro atoms. The molecule has 0 bridgehead atoms. The van der Waals surface area contributed by atoms with Crippen LogP contribution in [0.15, 0.2) is 0 Å². The number of hydrogen-bond acceptors (Lipinski definition) is 7. The smallest absolute Gasteiger partial charge is 0.407 e. The first-order valence-electron chi connectivity index (χ1n) is 6.65. The number of ether oxygens (including phenoxy) is 2. The minimum absolute atomic E-state index is 0.0116. The van der Waals surface area contributed by atoms with Gasteiger partial charge in [0.1, 0.15) is 0 Å². The lowest BCUT2D eigenvalue weighted by Crippen LogP contribution is -2.37. The highest BCUT2D eigenvalue weighted by Crippen LogP contribution is 2.20. The van der Waals surface area contributed by atoms with Gasteiger partial charge in [-0.1, -0.05) is 0 Å². The Bertz CT molecular complexity index is 514. The fraction of sp³-hybridized carbons (Fsp3) is 0.667. The maximum Gasteiger partial charge on any atom is 0.407 e. The maximum absolute atomic E-state index is 11.2. The topological polar surface area (TPSA) is 89.5 Å². The number of alkyl carbamates (subject to hydrolysis) is 1. The van der Waals surface area contributed by atoms with Crippen LogP contribution >= 0.6 is 11.6 Å². The predicted octanol–water partition coefficient (Wildman–Crippen LogP) is 1.25. The molecular weight excluding hydrogens is 298 g/mol. The molecule has 21 heavy (non-hydrogen) atoms. The summed E-state index contributed by atoms with van der Waals surface area (Å²) in [5.74, 6) is 0.444. The van der Waals surface area contributed by atoms with E-state index >= 15 is 0 Å². The Morgan fingerprint density at radius 1 is 1.43 bits per heavy atom. The van der Waals surface area contributed by atoms with Crippen molar-refractivity contribution in [3.63, 3.8) is 0 Å². The molecule has 0 aromatic carbocycles. The Kier molecular flexibility index (Phi) is 5.00. The van der Waals surface area contributed by atoms with Crippen LogP contribution in [0.5, 0.6) is 6.01 Å². The highest BCUT2D eigenvalue weighted by molar-refractivity contribution is 6.28. The molecule has 8 nitrogen and oxygen atoms in total. The summed E-state index contributed by atoms with van der Waals surface area (Å²) in [6.45, 7) is 5.04. The van der Waals surface area contributed by atoms with Crippen molar-refractivity contribution in [2.24, 2.45) is 0 Å². The number of nitrogens with one attached hydrogen (secondary N) is 1. The van der Waals surface area contributed by atoms with Gasteiger partial charge in [-0.15, -0.1) is 0 Å². The van der Waals surface area contributed by atoms with E-state index in [1.54, 1.807) is 0 Å². The third-order valence-corrected chi connectivity index (χ3v) is 3.06. The van der Waals surface area contributed by atoms with Crippen molar-refractivity contribution in [1.29, 1.82) is 0 Å². The Hall–Kier alpha value is -1.83. The van der Waals surface area contributed by atoms with E-state index in [-0.39, 0.29) is 23.4 Å². The zero-order valence-corrected chi connectivity index (χ0v) is 12.9. The Morgan fingerprint density at radius 3 is 2.86 bits per heavy atom. The van der Waals surface area contributed by atoms with Gasteiger partial charge >= 0.3 is 12.1 Å². The molecule has 116 valence electrons. The number of carbonyl (C=O) groups is 1. The van der Waals surface area contributed by atoms with E-state index in [2.05, 4.69) is 25.0 Å². The molecule has 1 aliphatic heterocycles. The van der Waals surface area contributed by atoms with Gasteiger partial charge in [-0.3, -0.25) is 0 Å². The summed E-state index contributed by atoms with van der Waals surface area (Å²) < 4.78 is 10.0. The normalized spacial score (nSPS) is 18.0. The molecule has 1 amide bonds. The summed E-state index contributed by atoms with van der Waals surface area (Å²) in [7, 11) is 1.34. The second-order valence-electron chi connectivity index (χ2n) is 4.92. The van der Waals surface area contributed by atoms with Crippen molar-refractivity contribution in [3.05, 3.63) is 5.28 Å². The monoisotopic (exact) mass is 315 g/mol.